The topological polar surface area (TPSA) is 123 Å². The number of benzene rings is 2. The maximum Gasteiger partial charge on any atom is 0.232 e. The van der Waals surface area contributed by atoms with Crippen LogP contribution in [0.15, 0.2) is 47.5 Å². The Morgan fingerprint density at radius 1 is 1.19 bits per heavy atom. The summed E-state index contributed by atoms with van der Waals surface area (Å²) in [4.78, 5) is 9.52. The van der Waals surface area contributed by atoms with Crippen molar-refractivity contribution in [2.75, 3.05) is 50.5 Å². The van der Waals surface area contributed by atoms with Crippen molar-refractivity contribution < 1.29 is 18.6 Å². The predicted octanol–water partition coefficient (Wildman–Crippen LogP) is 3.49. The van der Waals surface area contributed by atoms with Crippen molar-refractivity contribution in [1.29, 1.82) is 0 Å². The van der Waals surface area contributed by atoms with Gasteiger partial charge < -0.3 is 15.1 Å². The van der Waals surface area contributed by atoms with Gasteiger partial charge in [-0.15, -0.1) is 0 Å². The summed E-state index contributed by atoms with van der Waals surface area (Å²) in [6.07, 6.45) is 4.71. The van der Waals surface area contributed by atoms with Crippen LogP contribution in [0.5, 0.6) is 5.88 Å². The van der Waals surface area contributed by atoms with Crippen molar-refractivity contribution >= 4 is 60.5 Å². The van der Waals surface area contributed by atoms with Gasteiger partial charge in [-0.1, -0.05) is 35.1 Å². The summed E-state index contributed by atoms with van der Waals surface area (Å²) in [6, 6.07) is 10.4. The van der Waals surface area contributed by atoms with E-state index in [9.17, 15) is 18.6 Å². The van der Waals surface area contributed by atoms with E-state index in [-0.39, 0.29) is 22.4 Å². The molecular weight excluding hydrogens is 534 g/mol. The minimum absolute atomic E-state index is 0.0831. The minimum atomic E-state index is -3.40. The van der Waals surface area contributed by atoms with Crippen LogP contribution in [0.4, 0.5) is 5.13 Å². The quantitative estimate of drug-likeness (QED) is 0.294. The van der Waals surface area contributed by atoms with Crippen LogP contribution < -0.4 is 4.90 Å². The molecule has 0 bridgehead atoms. The molecule has 0 atom stereocenters. The van der Waals surface area contributed by atoms with E-state index in [4.69, 9.17) is 11.6 Å². The lowest BCUT2D eigenvalue weighted by molar-refractivity contribution is 0.188. The van der Waals surface area contributed by atoms with E-state index < -0.39 is 9.84 Å². The fourth-order valence-electron chi connectivity index (χ4n) is 4.32. The van der Waals surface area contributed by atoms with E-state index in [0.29, 0.717) is 27.7 Å². The number of aliphatic hydroxyl groups excluding tert-OH is 1. The fourth-order valence-corrected chi connectivity index (χ4v) is 6.31. The van der Waals surface area contributed by atoms with Gasteiger partial charge in [-0.2, -0.15) is 10.1 Å². The van der Waals surface area contributed by atoms with Crippen LogP contribution in [0.1, 0.15) is 16.0 Å². The number of hydrogen-bond donors (Lipinski definition) is 3. The minimum Gasteiger partial charge on any atom is -0.492 e. The van der Waals surface area contributed by atoms with Crippen molar-refractivity contribution in [3.05, 3.63) is 63.6 Å². The Balaban J connectivity index is 1.57. The van der Waals surface area contributed by atoms with E-state index in [1.54, 1.807) is 12.3 Å². The van der Waals surface area contributed by atoms with Gasteiger partial charge in [0, 0.05) is 55.0 Å². The number of halogens is 1. The number of aliphatic hydroxyl groups is 1. The summed E-state index contributed by atoms with van der Waals surface area (Å²) in [7, 11) is -3.40. The molecule has 0 aliphatic carbocycles. The molecule has 0 radical (unpaired) electrons. The Bertz CT molecular complexity index is 1570. The Kier molecular flexibility index (Phi) is 7.24. The second kappa shape index (κ2) is 10.4. The number of piperazine rings is 1. The van der Waals surface area contributed by atoms with Gasteiger partial charge in [0.1, 0.15) is 4.88 Å². The highest BCUT2D eigenvalue weighted by Crippen LogP contribution is 2.41. The van der Waals surface area contributed by atoms with Gasteiger partial charge in [0.15, 0.2) is 15.0 Å². The molecule has 1 aliphatic heterocycles. The number of aromatic amines is 1. The van der Waals surface area contributed by atoms with Gasteiger partial charge in [0.2, 0.25) is 5.88 Å². The molecule has 4 aromatic rings. The van der Waals surface area contributed by atoms with E-state index in [0.717, 1.165) is 48.9 Å². The van der Waals surface area contributed by atoms with E-state index in [1.165, 1.54) is 23.5 Å². The molecule has 5 rings (SSSR count). The zero-order chi connectivity index (χ0) is 26.2. The summed E-state index contributed by atoms with van der Waals surface area (Å²) in [6.45, 7) is 3.86. The Labute approximate surface area is 223 Å². The molecule has 12 heteroatoms. The van der Waals surface area contributed by atoms with Gasteiger partial charge in [0.05, 0.1) is 23.2 Å². The molecule has 2 aromatic heterocycles. The van der Waals surface area contributed by atoms with Crippen molar-refractivity contribution in [2.24, 2.45) is 0 Å². The molecular formula is C25H26ClN5O4S2. The van der Waals surface area contributed by atoms with Crippen molar-refractivity contribution in [3.8, 4) is 5.88 Å². The summed E-state index contributed by atoms with van der Waals surface area (Å²) < 4.78 is 23.9. The third-order valence-electron chi connectivity index (χ3n) is 6.35. The molecule has 194 valence electrons. The highest BCUT2D eigenvalue weighted by atomic mass is 35.5. The average Bonchev–Trinajstić information content (AvgIpc) is 3.49. The molecule has 0 unspecified atom stereocenters. The second-order valence-corrected chi connectivity index (χ2v) is 12.3. The lowest BCUT2D eigenvalue weighted by Gasteiger charge is -2.34. The lowest BCUT2D eigenvalue weighted by Crippen LogP contribution is -2.47. The summed E-state index contributed by atoms with van der Waals surface area (Å²) in [5, 5.41) is 29.1. The smallest absolute Gasteiger partial charge is 0.232 e. The normalized spacial score (nSPS) is 15.5. The molecule has 0 amide bonds. The van der Waals surface area contributed by atoms with Gasteiger partial charge >= 0.3 is 0 Å². The number of nitrogens with one attached hydrogen (secondary N) is 1. The molecule has 37 heavy (non-hydrogen) atoms. The van der Waals surface area contributed by atoms with E-state index in [1.807, 2.05) is 24.3 Å². The van der Waals surface area contributed by atoms with Gasteiger partial charge in [-0.05, 0) is 41.5 Å². The SMILES string of the molecule is CS(=O)(=O)c1ccc(C=C(c2ccc3[nH]ncc3c2)c2sc(N3CCN(CCO)CC3)nc2O)c(Cl)c1. The van der Waals surface area contributed by atoms with Crippen LogP contribution in [-0.2, 0) is 9.84 Å². The van der Waals surface area contributed by atoms with E-state index in [2.05, 4.69) is 25.0 Å². The zero-order valence-electron chi connectivity index (χ0n) is 20.1. The number of hydrogen-bond acceptors (Lipinski definition) is 9. The van der Waals surface area contributed by atoms with Crippen molar-refractivity contribution in [2.45, 2.75) is 4.90 Å². The van der Waals surface area contributed by atoms with Crippen LogP contribution in [0.25, 0.3) is 22.6 Å². The molecule has 1 saturated heterocycles. The summed E-state index contributed by atoms with van der Waals surface area (Å²) >= 11 is 7.90. The van der Waals surface area contributed by atoms with Crippen molar-refractivity contribution in [3.63, 3.8) is 0 Å². The first-order valence-electron chi connectivity index (χ1n) is 11.7. The van der Waals surface area contributed by atoms with E-state index >= 15 is 0 Å². The monoisotopic (exact) mass is 559 g/mol. The molecule has 3 N–H and O–H groups in total. The van der Waals surface area contributed by atoms with Crippen LogP contribution >= 0.6 is 22.9 Å². The maximum absolute atomic E-state index is 12.0. The average molecular weight is 560 g/mol. The first-order chi connectivity index (χ1) is 17.7. The van der Waals surface area contributed by atoms with Crippen LogP contribution in [0, 0.1) is 0 Å². The van der Waals surface area contributed by atoms with Crippen LogP contribution in [0.2, 0.25) is 5.02 Å². The first kappa shape index (κ1) is 25.7. The predicted molar refractivity (Wildman–Crippen MR) is 147 cm³/mol. The van der Waals surface area contributed by atoms with Gasteiger partial charge in [-0.3, -0.25) is 10.00 Å². The van der Waals surface area contributed by atoms with Crippen LogP contribution in [-0.4, -0.2) is 84.3 Å². The first-order valence-corrected chi connectivity index (χ1v) is 14.7. The fraction of sp³-hybridized carbons (Fsp3) is 0.280. The standard InChI is InChI=1S/C25H26ClN5O4S2/c1-37(34,35)19-4-2-17(21(26)14-19)13-20(16-3-5-22-18(12-16)15-27-29-22)23-24(33)28-25(36-23)31-8-6-30(7-9-31)10-11-32/h2-5,12-15,32-33H,6-11H2,1H3,(H,27,29). The number of nitrogens with zero attached hydrogens (tertiary/aromatic N) is 4. The maximum atomic E-state index is 12.0. The molecule has 2 aromatic carbocycles. The third-order valence-corrected chi connectivity index (χ3v) is 8.93. The number of aromatic nitrogens is 3. The third kappa shape index (κ3) is 5.51. The molecule has 9 nitrogen and oxygen atoms in total. The number of fused-ring (bicyclic) bond motifs is 1. The molecule has 1 aliphatic rings. The highest BCUT2D eigenvalue weighted by Gasteiger charge is 2.24. The number of H-pyrrole nitrogens is 1. The Hall–Kier alpha value is -2.96. The Morgan fingerprint density at radius 2 is 1.97 bits per heavy atom. The molecule has 0 saturated carbocycles. The van der Waals surface area contributed by atoms with Gasteiger partial charge in [0.25, 0.3) is 0 Å². The number of β-amino-alcohol motifs (C(OH)–C–C–N with tert-alkyl or cyclic N) is 1. The highest BCUT2D eigenvalue weighted by molar-refractivity contribution is 7.90. The molecule has 1 fully saturated rings. The number of anilines is 1. The number of sulfone groups is 1. The summed E-state index contributed by atoms with van der Waals surface area (Å²) in [5.74, 6) is -0.0831. The Morgan fingerprint density at radius 3 is 2.68 bits per heavy atom. The summed E-state index contributed by atoms with van der Waals surface area (Å²) in [5.41, 5.74) is 3.03. The van der Waals surface area contributed by atoms with Crippen molar-refractivity contribution in [1.82, 2.24) is 20.1 Å². The lowest BCUT2D eigenvalue weighted by atomic mass is 10.00. The van der Waals surface area contributed by atoms with Crippen LogP contribution in [0.3, 0.4) is 0 Å². The largest absolute Gasteiger partial charge is 0.492 e. The number of thiazole rings is 1. The zero-order valence-corrected chi connectivity index (χ0v) is 22.4. The van der Waals surface area contributed by atoms with Gasteiger partial charge in [-0.25, -0.2) is 8.42 Å². The number of rotatable bonds is 7. The molecule has 0 spiro atoms. The second-order valence-electron chi connectivity index (χ2n) is 8.89. The number of aromatic hydroxyl groups is 1. The molecule has 3 heterocycles.